The van der Waals surface area contributed by atoms with Crippen LogP contribution in [0.5, 0.6) is 0 Å². The fourth-order valence-electron chi connectivity index (χ4n) is 4.29. The maximum Gasteiger partial charge on any atom is 0.327 e. The Hall–Kier alpha value is -3.66. The minimum Gasteiger partial charge on any atom is -0.480 e. The van der Waals surface area contributed by atoms with Crippen molar-refractivity contribution in [2.24, 2.45) is 0 Å². The summed E-state index contributed by atoms with van der Waals surface area (Å²) in [6.45, 7) is 8.37. The van der Waals surface area contributed by atoms with E-state index in [4.69, 9.17) is 0 Å². The van der Waals surface area contributed by atoms with Crippen LogP contribution in [0.25, 0.3) is 0 Å². The van der Waals surface area contributed by atoms with Crippen molar-refractivity contribution in [2.45, 2.75) is 85.7 Å². The molecule has 9 nitrogen and oxygen atoms in total. The number of nitrogens with one attached hydrogen (secondary N) is 1. The molecule has 10 heteroatoms. The Kier molecular flexibility index (Phi) is 15.6. The Labute approximate surface area is 253 Å². The number of allylic oxidation sites excluding steroid dienone is 5. The number of imide groups is 1. The normalized spacial score (nSPS) is 14.5. The van der Waals surface area contributed by atoms with Crippen molar-refractivity contribution in [3.8, 4) is 0 Å². The van der Waals surface area contributed by atoms with Crippen molar-refractivity contribution >= 4 is 41.4 Å². The molecule has 2 rings (SSSR count). The quantitative estimate of drug-likeness (QED) is 0.114. The number of hydrogen-bond acceptors (Lipinski definition) is 6. The number of thioether (sulfide) groups is 1. The second kappa shape index (κ2) is 18.0. The van der Waals surface area contributed by atoms with Gasteiger partial charge in [-0.2, -0.15) is 11.8 Å². The average Bonchev–Trinajstić information content (AvgIpc) is 3.15. The standard InChI is InChI=1S/C31H40N2O7S.CH4/c1-20(2)9-7-10-21(3)11-8-12-22(4)17-18-41-19-25(30(37)38)32-27(34)16-15-26(31(39)40)33-28(35)23-13-5-6-14-24(23)29(33)36;/h5-6,9,11,13-14,17,25-26H,7-8,10,12,15-16,18-19H2,1-4H3,(H,32,34)(H,37,38)(H,39,40);1H4/b21-11+,22-17+;/t25-,26?;/m0./s1. The van der Waals surface area contributed by atoms with Crippen molar-refractivity contribution < 1.29 is 34.2 Å². The highest BCUT2D eigenvalue weighted by Gasteiger charge is 2.42. The van der Waals surface area contributed by atoms with Crippen LogP contribution in [0.15, 0.2) is 59.2 Å². The van der Waals surface area contributed by atoms with Crippen molar-refractivity contribution in [3.63, 3.8) is 0 Å². The van der Waals surface area contributed by atoms with Crippen LogP contribution < -0.4 is 5.32 Å². The summed E-state index contributed by atoms with van der Waals surface area (Å²) in [5.74, 6) is -4.02. The number of carbonyl (C=O) groups excluding carboxylic acids is 3. The molecule has 0 bridgehead atoms. The molecule has 0 saturated heterocycles. The minimum atomic E-state index is -1.55. The van der Waals surface area contributed by atoms with Crippen LogP contribution in [0, 0.1) is 0 Å². The smallest absolute Gasteiger partial charge is 0.327 e. The van der Waals surface area contributed by atoms with E-state index in [1.54, 1.807) is 12.1 Å². The summed E-state index contributed by atoms with van der Waals surface area (Å²) >= 11 is 1.37. The van der Waals surface area contributed by atoms with Gasteiger partial charge >= 0.3 is 11.9 Å². The second-order valence-electron chi connectivity index (χ2n) is 10.4. The van der Waals surface area contributed by atoms with Crippen molar-refractivity contribution in [1.29, 1.82) is 0 Å². The molecule has 2 atom stereocenters. The van der Waals surface area contributed by atoms with Gasteiger partial charge < -0.3 is 15.5 Å². The predicted molar refractivity (Wildman–Crippen MR) is 167 cm³/mol. The lowest BCUT2D eigenvalue weighted by molar-refractivity contribution is -0.143. The molecule has 0 aromatic heterocycles. The van der Waals surface area contributed by atoms with Crippen LogP contribution in [0.2, 0.25) is 0 Å². The number of benzene rings is 1. The largest absolute Gasteiger partial charge is 0.480 e. The zero-order chi connectivity index (χ0) is 30.5. The third-order valence-electron chi connectivity index (χ3n) is 6.66. The van der Waals surface area contributed by atoms with Gasteiger partial charge in [0.15, 0.2) is 0 Å². The van der Waals surface area contributed by atoms with Crippen LogP contribution >= 0.6 is 11.8 Å². The van der Waals surface area contributed by atoms with Crippen molar-refractivity contribution in [1.82, 2.24) is 10.2 Å². The molecule has 0 saturated carbocycles. The SMILES string of the molecule is C.CC(C)=CCC/C(C)=C/CC/C(C)=C/CSC[C@H](NC(=O)CCC(C(=O)O)N1C(=O)c2ccccc2C1=O)C(=O)O. The van der Waals surface area contributed by atoms with E-state index in [0.717, 1.165) is 25.7 Å². The molecule has 230 valence electrons. The molecule has 1 aromatic rings. The average molecular weight is 601 g/mol. The summed E-state index contributed by atoms with van der Waals surface area (Å²) < 4.78 is 0. The molecular formula is C32H44N2O7S. The minimum absolute atomic E-state index is 0. The second-order valence-corrected chi connectivity index (χ2v) is 11.4. The molecule has 0 spiro atoms. The molecule has 1 aliphatic rings. The monoisotopic (exact) mass is 600 g/mol. The number of amides is 3. The number of rotatable bonds is 17. The molecule has 0 radical (unpaired) electrons. The Bertz CT molecular complexity index is 1200. The molecule has 3 amide bonds. The van der Waals surface area contributed by atoms with Gasteiger partial charge in [0.25, 0.3) is 11.8 Å². The number of aliphatic carboxylic acids is 2. The lowest BCUT2D eigenvalue weighted by atomic mass is 10.1. The molecular weight excluding hydrogens is 556 g/mol. The number of hydrogen-bond donors (Lipinski definition) is 3. The number of carbonyl (C=O) groups is 5. The number of fused-ring (bicyclic) bond motifs is 1. The third kappa shape index (κ3) is 11.3. The summed E-state index contributed by atoms with van der Waals surface area (Å²) in [6.07, 6.45) is 9.79. The molecule has 0 fully saturated rings. The highest BCUT2D eigenvalue weighted by atomic mass is 32.2. The van der Waals surface area contributed by atoms with Gasteiger partial charge in [0.05, 0.1) is 11.1 Å². The van der Waals surface area contributed by atoms with E-state index in [1.807, 2.05) is 6.92 Å². The Morgan fingerprint density at radius 2 is 1.40 bits per heavy atom. The maximum absolute atomic E-state index is 12.7. The van der Waals surface area contributed by atoms with Gasteiger partial charge in [-0.15, -0.1) is 0 Å². The number of nitrogens with zero attached hydrogens (tertiary/aromatic N) is 1. The van der Waals surface area contributed by atoms with Crippen LogP contribution in [0.1, 0.15) is 94.4 Å². The van der Waals surface area contributed by atoms with E-state index in [9.17, 15) is 34.2 Å². The maximum atomic E-state index is 12.7. The van der Waals surface area contributed by atoms with E-state index in [0.29, 0.717) is 10.7 Å². The van der Waals surface area contributed by atoms with Crippen LogP contribution in [-0.2, 0) is 14.4 Å². The summed E-state index contributed by atoms with van der Waals surface area (Å²) in [6, 6.07) is 3.33. The fraction of sp³-hybridized carbons (Fsp3) is 0.469. The lowest BCUT2D eigenvalue weighted by Crippen LogP contribution is -2.46. The van der Waals surface area contributed by atoms with Crippen molar-refractivity contribution in [2.75, 3.05) is 11.5 Å². The molecule has 1 unspecified atom stereocenters. The molecule has 42 heavy (non-hydrogen) atoms. The van der Waals surface area contributed by atoms with E-state index in [-0.39, 0.29) is 37.1 Å². The van der Waals surface area contributed by atoms with Gasteiger partial charge in [0.1, 0.15) is 12.1 Å². The predicted octanol–water partition coefficient (Wildman–Crippen LogP) is 5.87. The van der Waals surface area contributed by atoms with Gasteiger partial charge in [-0.05, 0) is 71.9 Å². The van der Waals surface area contributed by atoms with Crippen LogP contribution in [0.3, 0.4) is 0 Å². The van der Waals surface area contributed by atoms with Gasteiger partial charge in [0, 0.05) is 17.9 Å². The summed E-state index contributed by atoms with van der Waals surface area (Å²) in [7, 11) is 0. The fourth-order valence-corrected chi connectivity index (χ4v) is 5.29. The highest BCUT2D eigenvalue weighted by molar-refractivity contribution is 7.99. The number of carboxylic acids is 2. The van der Waals surface area contributed by atoms with E-state index in [2.05, 4.69) is 44.3 Å². The summed E-state index contributed by atoms with van der Waals surface area (Å²) in [5.41, 5.74) is 4.12. The Balaban J connectivity index is 0.00000882. The Morgan fingerprint density at radius 1 is 0.857 bits per heavy atom. The molecule has 1 aliphatic heterocycles. The molecule has 0 aliphatic carbocycles. The van der Waals surface area contributed by atoms with Gasteiger partial charge in [-0.25, -0.2) is 9.59 Å². The third-order valence-corrected chi connectivity index (χ3v) is 7.63. The van der Waals surface area contributed by atoms with Crippen LogP contribution in [-0.4, -0.2) is 68.4 Å². The van der Waals surface area contributed by atoms with E-state index >= 15 is 0 Å². The number of carboxylic acid groups (broad SMARTS) is 2. The Morgan fingerprint density at radius 3 is 1.93 bits per heavy atom. The van der Waals surface area contributed by atoms with E-state index < -0.39 is 41.7 Å². The first kappa shape index (κ1) is 36.4. The zero-order valence-corrected chi connectivity index (χ0v) is 25.0. The molecule has 1 heterocycles. The summed E-state index contributed by atoms with van der Waals surface area (Å²) in [5, 5.41) is 21.6. The first-order valence-electron chi connectivity index (χ1n) is 13.7. The van der Waals surface area contributed by atoms with Crippen molar-refractivity contribution in [3.05, 3.63) is 70.3 Å². The topological polar surface area (TPSA) is 141 Å². The van der Waals surface area contributed by atoms with Gasteiger partial charge in [0.2, 0.25) is 5.91 Å². The first-order valence-corrected chi connectivity index (χ1v) is 14.8. The highest BCUT2D eigenvalue weighted by Crippen LogP contribution is 2.26. The van der Waals surface area contributed by atoms with E-state index in [1.165, 1.54) is 40.6 Å². The zero-order valence-electron chi connectivity index (χ0n) is 24.1. The summed E-state index contributed by atoms with van der Waals surface area (Å²) in [4.78, 5) is 62.1. The lowest BCUT2D eigenvalue weighted by Gasteiger charge is -2.22. The van der Waals surface area contributed by atoms with Gasteiger partial charge in [-0.3, -0.25) is 19.3 Å². The molecule has 3 N–H and O–H groups in total. The first-order chi connectivity index (χ1) is 19.4. The van der Waals surface area contributed by atoms with Gasteiger partial charge in [-0.1, -0.05) is 54.5 Å². The molecule has 1 aromatic carbocycles. The van der Waals surface area contributed by atoms with Crippen LogP contribution in [0.4, 0.5) is 0 Å².